The van der Waals surface area contributed by atoms with E-state index in [1.54, 1.807) is 6.92 Å². The summed E-state index contributed by atoms with van der Waals surface area (Å²) in [5.41, 5.74) is 0. The predicted octanol–water partition coefficient (Wildman–Crippen LogP) is 2.49. The first-order valence-electron chi connectivity index (χ1n) is 5.92. The molecule has 1 rings (SSSR count). The second kappa shape index (κ2) is 6.37. The quantitative estimate of drug-likeness (QED) is 0.715. The summed E-state index contributed by atoms with van der Waals surface area (Å²) in [5, 5.41) is 3.65. The Morgan fingerprint density at radius 3 is 2.65 bits per heavy atom. The molecule has 0 aliphatic carbocycles. The highest BCUT2D eigenvalue weighted by Crippen LogP contribution is 2.15. The van der Waals surface area contributed by atoms with Gasteiger partial charge in [-0.2, -0.15) is 4.98 Å². The van der Waals surface area contributed by atoms with E-state index in [1.165, 1.54) is 0 Å². The van der Waals surface area contributed by atoms with Crippen molar-refractivity contribution < 1.29 is 14.1 Å². The van der Waals surface area contributed by atoms with Crippen LogP contribution in [0.4, 0.5) is 0 Å². The maximum atomic E-state index is 11.5. The summed E-state index contributed by atoms with van der Waals surface area (Å²) in [6.07, 6.45) is 1.46. The first kappa shape index (κ1) is 13.7. The number of aryl methyl sites for hydroxylation is 1. The third-order valence-electron chi connectivity index (χ3n) is 2.32. The topological polar surface area (TPSA) is 65.2 Å². The maximum absolute atomic E-state index is 11.5. The number of rotatable bonds is 6. The molecular weight excluding hydrogens is 220 g/mol. The smallest absolute Gasteiger partial charge is 0.306 e. The lowest BCUT2D eigenvalue weighted by atomic mass is 9.96. The van der Waals surface area contributed by atoms with Gasteiger partial charge in [0.05, 0.1) is 0 Å². The summed E-state index contributed by atoms with van der Waals surface area (Å²) in [6, 6.07) is 0. The lowest BCUT2D eigenvalue weighted by molar-refractivity contribution is -0.146. The molecule has 5 nitrogen and oxygen atoms in total. The van der Waals surface area contributed by atoms with E-state index in [0.717, 1.165) is 6.42 Å². The number of ether oxygens (including phenoxy) is 1. The monoisotopic (exact) mass is 240 g/mol. The van der Waals surface area contributed by atoms with E-state index in [-0.39, 0.29) is 12.6 Å². The molecule has 1 atom stereocenters. The Balaban J connectivity index is 2.25. The molecule has 0 amide bonds. The molecule has 96 valence electrons. The highest BCUT2D eigenvalue weighted by atomic mass is 16.5. The minimum Gasteiger partial charge on any atom is -0.457 e. The summed E-state index contributed by atoms with van der Waals surface area (Å²) in [4.78, 5) is 15.5. The van der Waals surface area contributed by atoms with Gasteiger partial charge in [0, 0.05) is 13.3 Å². The highest BCUT2D eigenvalue weighted by molar-refractivity contribution is 5.69. The van der Waals surface area contributed by atoms with Crippen molar-refractivity contribution in [3.8, 4) is 0 Å². The summed E-state index contributed by atoms with van der Waals surface area (Å²) in [6.45, 7) is 8.13. The van der Waals surface area contributed by atoms with E-state index in [2.05, 4.69) is 30.9 Å². The van der Waals surface area contributed by atoms with Crippen LogP contribution >= 0.6 is 0 Å². The van der Waals surface area contributed by atoms with Crippen LogP contribution in [-0.2, 0) is 16.1 Å². The first-order chi connectivity index (χ1) is 7.97. The number of aromatic nitrogens is 2. The Morgan fingerprint density at radius 2 is 2.12 bits per heavy atom. The highest BCUT2D eigenvalue weighted by Gasteiger charge is 2.13. The van der Waals surface area contributed by atoms with E-state index in [0.29, 0.717) is 30.0 Å². The number of hydrogen-bond donors (Lipinski definition) is 0. The van der Waals surface area contributed by atoms with Gasteiger partial charge in [0.15, 0.2) is 6.61 Å². The van der Waals surface area contributed by atoms with E-state index < -0.39 is 0 Å². The first-order valence-corrected chi connectivity index (χ1v) is 5.92. The molecule has 0 radical (unpaired) electrons. The molecule has 5 heteroatoms. The van der Waals surface area contributed by atoms with E-state index in [4.69, 9.17) is 9.26 Å². The summed E-state index contributed by atoms with van der Waals surface area (Å²) in [5.74, 6) is 1.62. The number of esters is 1. The van der Waals surface area contributed by atoms with Crippen LogP contribution in [0.2, 0.25) is 0 Å². The molecule has 0 spiro atoms. The number of carbonyl (C=O) groups is 1. The minimum absolute atomic E-state index is 0.0879. The summed E-state index contributed by atoms with van der Waals surface area (Å²) < 4.78 is 9.85. The molecule has 0 saturated carbocycles. The fraction of sp³-hybridized carbons (Fsp3) is 0.750. The predicted molar refractivity (Wildman–Crippen MR) is 62.1 cm³/mol. The zero-order valence-electron chi connectivity index (χ0n) is 10.9. The average Bonchev–Trinajstić information content (AvgIpc) is 2.59. The van der Waals surface area contributed by atoms with Crippen LogP contribution in [0.1, 0.15) is 45.3 Å². The third kappa shape index (κ3) is 5.47. The van der Waals surface area contributed by atoms with Gasteiger partial charge < -0.3 is 9.26 Å². The molecular formula is C12H20N2O3. The Hall–Kier alpha value is -1.39. The normalized spacial score (nSPS) is 12.8. The summed E-state index contributed by atoms with van der Waals surface area (Å²) in [7, 11) is 0. The number of carbonyl (C=O) groups excluding carboxylic acids is 1. The minimum atomic E-state index is -0.208. The van der Waals surface area contributed by atoms with Gasteiger partial charge in [0.1, 0.15) is 0 Å². The van der Waals surface area contributed by atoms with Gasteiger partial charge >= 0.3 is 5.97 Å². The molecule has 0 saturated heterocycles. The van der Waals surface area contributed by atoms with Gasteiger partial charge in [0.2, 0.25) is 11.7 Å². The van der Waals surface area contributed by atoms with Crippen LogP contribution in [0.5, 0.6) is 0 Å². The van der Waals surface area contributed by atoms with Crippen LogP contribution in [0.15, 0.2) is 4.52 Å². The zero-order valence-corrected chi connectivity index (χ0v) is 10.9. The van der Waals surface area contributed by atoms with Gasteiger partial charge in [-0.05, 0) is 18.3 Å². The second-order valence-corrected chi connectivity index (χ2v) is 4.83. The van der Waals surface area contributed by atoms with Crippen LogP contribution < -0.4 is 0 Å². The second-order valence-electron chi connectivity index (χ2n) is 4.83. The zero-order chi connectivity index (χ0) is 12.8. The fourth-order valence-corrected chi connectivity index (χ4v) is 1.78. The fourth-order valence-electron chi connectivity index (χ4n) is 1.78. The van der Waals surface area contributed by atoms with Crippen molar-refractivity contribution in [1.82, 2.24) is 10.1 Å². The van der Waals surface area contributed by atoms with Crippen LogP contribution in [-0.4, -0.2) is 16.1 Å². The van der Waals surface area contributed by atoms with Gasteiger partial charge in [-0.1, -0.05) is 25.9 Å². The van der Waals surface area contributed by atoms with Crippen molar-refractivity contribution in [2.75, 3.05) is 0 Å². The summed E-state index contributed by atoms with van der Waals surface area (Å²) >= 11 is 0. The molecule has 0 aromatic carbocycles. The molecule has 0 aliphatic rings. The van der Waals surface area contributed by atoms with E-state index in [1.807, 2.05) is 0 Å². The molecule has 17 heavy (non-hydrogen) atoms. The molecule has 1 aromatic heterocycles. The van der Waals surface area contributed by atoms with Crippen molar-refractivity contribution in [3.05, 3.63) is 11.7 Å². The van der Waals surface area contributed by atoms with Crippen LogP contribution in [0.3, 0.4) is 0 Å². The van der Waals surface area contributed by atoms with Gasteiger partial charge in [0.25, 0.3) is 0 Å². The van der Waals surface area contributed by atoms with Crippen molar-refractivity contribution in [2.45, 2.75) is 47.1 Å². The number of hydrogen-bond acceptors (Lipinski definition) is 5. The average molecular weight is 240 g/mol. The van der Waals surface area contributed by atoms with Gasteiger partial charge in [-0.3, -0.25) is 4.79 Å². The van der Waals surface area contributed by atoms with Gasteiger partial charge in [-0.15, -0.1) is 0 Å². The Morgan fingerprint density at radius 1 is 1.41 bits per heavy atom. The standard InChI is InChI=1S/C12H20N2O3/c1-8(2)5-9(3)6-12(15)16-7-11-13-10(4)17-14-11/h8-9H,5-7H2,1-4H3/t9-/m0/s1. The SMILES string of the molecule is Cc1nc(COC(=O)C[C@@H](C)CC(C)C)no1. The van der Waals surface area contributed by atoms with E-state index >= 15 is 0 Å². The van der Waals surface area contributed by atoms with Crippen LogP contribution in [0, 0.1) is 18.8 Å². The molecule has 0 bridgehead atoms. The lowest BCUT2D eigenvalue weighted by Crippen LogP contribution is -2.11. The van der Waals surface area contributed by atoms with E-state index in [9.17, 15) is 4.79 Å². The molecule has 1 aromatic rings. The van der Waals surface area contributed by atoms with Crippen molar-refractivity contribution in [1.29, 1.82) is 0 Å². The Labute approximate surface area is 102 Å². The third-order valence-corrected chi connectivity index (χ3v) is 2.32. The van der Waals surface area contributed by atoms with Crippen molar-refractivity contribution in [3.63, 3.8) is 0 Å². The Bertz CT molecular complexity index is 360. The molecule has 1 heterocycles. The maximum Gasteiger partial charge on any atom is 0.306 e. The number of nitrogens with zero attached hydrogens (tertiary/aromatic N) is 2. The molecule has 0 N–H and O–H groups in total. The lowest BCUT2D eigenvalue weighted by Gasteiger charge is -2.12. The molecule has 0 aliphatic heterocycles. The Kier molecular flexibility index (Phi) is 5.12. The molecule has 0 unspecified atom stereocenters. The molecule has 0 fully saturated rings. The van der Waals surface area contributed by atoms with Crippen molar-refractivity contribution in [2.24, 2.45) is 11.8 Å². The van der Waals surface area contributed by atoms with Gasteiger partial charge in [-0.25, -0.2) is 0 Å². The van der Waals surface area contributed by atoms with Crippen molar-refractivity contribution >= 4 is 5.97 Å². The largest absolute Gasteiger partial charge is 0.457 e. The van der Waals surface area contributed by atoms with Crippen LogP contribution in [0.25, 0.3) is 0 Å².